The number of β-amino-alcohol motifs (C(OH)–C–C–N with tert-alkyl or cyclic N) is 1. The SMILES string of the molecule is COc1ccc2c(c1)CCN2C(=O)C1CC(O)CN1.Cl. The molecule has 2 unspecified atom stereocenters. The summed E-state index contributed by atoms with van der Waals surface area (Å²) < 4.78 is 5.20. The summed E-state index contributed by atoms with van der Waals surface area (Å²) in [4.78, 5) is 14.2. The fourth-order valence-electron chi connectivity index (χ4n) is 2.83. The molecule has 20 heavy (non-hydrogen) atoms. The van der Waals surface area contributed by atoms with Crippen LogP contribution in [0.5, 0.6) is 5.75 Å². The first-order valence-corrected chi connectivity index (χ1v) is 6.59. The van der Waals surface area contributed by atoms with Crippen molar-refractivity contribution in [3.8, 4) is 5.75 Å². The van der Waals surface area contributed by atoms with Gasteiger partial charge in [-0.1, -0.05) is 0 Å². The third-order valence-corrected chi connectivity index (χ3v) is 3.85. The zero-order valence-electron chi connectivity index (χ0n) is 11.3. The summed E-state index contributed by atoms with van der Waals surface area (Å²) in [6.07, 6.45) is 0.945. The largest absolute Gasteiger partial charge is 0.497 e. The quantitative estimate of drug-likeness (QED) is 0.845. The highest BCUT2D eigenvalue weighted by Gasteiger charge is 2.34. The van der Waals surface area contributed by atoms with Gasteiger partial charge in [-0.25, -0.2) is 0 Å². The van der Waals surface area contributed by atoms with Crippen LogP contribution in [0.1, 0.15) is 12.0 Å². The van der Waals surface area contributed by atoms with E-state index >= 15 is 0 Å². The van der Waals surface area contributed by atoms with Crippen LogP contribution in [-0.2, 0) is 11.2 Å². The molecule has 110 valence electrons. The topological polar surface area (TPSA) is 61.8 Å². The van der Waals surface area contributed by atoms with Crippen LogP contribution < -0.4 is 15.0 Å². The van der Waals surface area contributed by atoms with Crippen molar-refractivity contribution in [2.75, 3.05) is 25.1 Å². The molecule has 0 aliphatic carbocycles. The Morgan fingerprint density at radius 3 is 2.95 bits per heavy atom. The van der Waals surface area contributed by atoms with Crippen molar-refractivity contribution in [1.29, 1.82) is 0 Å². The number of benzene rings is 1. The number of aliphatic hydroxyl groups is 1. The number of aliphatic hydroxyl groups excluding tert-OH is 1. The zero-order valence-corrected chi connectivity index (χ0v) is 12.2. The molecule has 1 fully saturated rings. The number of hydrogen-bond acceptors (Lipinski definition) is 4. The lowest BCUT2D eigenvalue weighted by Gasteiger charge is -2.21. The standard InChI is InChI=1S/C14H18N2O3.ClH/c1-19-11-2-3-13-9(6-11)4-5-16(13)14(18)12-7-10(17)8-15-12;/h2-3,6,10,12,15,17H,4-5,7-8H2,1H3;1H. The summed E-state index contributed by atoms with van der Waals surface area (Å²) >= 11 is 0. The average molecular weight is 299 g/mol. The van der Waals surface area contributed by atoms with Gasteiger partial charge in [-0.05, 0) is 36.6 Å². The minimum absolute atomic E-state index is 0. The number of amides is 1. The maximum atomic E-state index is 12.4. The van der Waals surface area contributed by atoms with Gasteiger partial charge in [0.25, 0.3) is 0 Å². The third-order valence-electron chi connectivity index (χ3n) is 3.85. The molecule has 2 aliphatic heterocycles. The second-order valence-corrected chi connectivity index (χ2v) is 5.08. The summed E-state index contributed by atoms with van der Waals surface area (Å²) in [6, 6.07) is 5.54. The number of halogens is 1. The highest BCUT2D eigenvalue weighted by atomic mass is 35.5. The fourth-order valence-corrected chi connectivity index (χ4v) is 2.83. The number of methoxy groups -OCH3 is 1. The highest BCUT2D eigenvalue weighted by molar-refractivity contribution is 5.99. The number of anilines is 1. The van der Waals surface area contributed by atoms with Crippen LogP contribution in [0.4, 0.5) is 5.69 Å². The molecule has 1 amide bonds. The first kappa shape index (κ1) is 15.1. The fraction of sp³-hybridized carbons (Fsp3) is 0.500. The lowest BCUT2D eigenvalue weighted by Crippen LogP contribution is -2.42. The summed E-state index contributed by atoms with van der Waals surface area (Å²) in [5, 5.41) is 12.6. The lowest BCUT2D eigenvalue weighted by atomic mass is 10.1. The van der Waals surface area contributed by atoms with Gasteiger partial charge in [-0.3, -0.25) is 4.79 Å². The second-order valence-electron chi connectivity index (χ2n) is 5.08. The van der Waals surface area contributed by atoms with E-state index in [2.05, 4.69) is 5.32 Å². The van der Waals surface area contributed by atoms with Crippen molar-refractivity contribution in [2.24, 2.45) is 0 Å². The molecule has 2 atom stereocenters. The van der Waals surface area contributed by atoms with Gasteiger partial charge >= 0.3 is 0 Å². The molecule has 5 nitrogen and oxygen atoms in total. The first-order valence-electron chi connectivity index (χ1n) is 6.59. The minimum Gasteiger partial charge on any atom is -0.497 e. The Balaban J connectivity index is 0.00000147. The predicted octanol–water partition coefficient (Wildman–Crippen LogP) is 0.729. The van der Waals surface area contributed by atoms with Crippen molar-refractivity contribution in [2.45, 2.75) is 25.0 Å². The number of nitrogens with zero attached hydrogens (tertiary/aromatic N) is 1. The van der Waals surface area contributed by atoms with E-state index in [1.807, 2.05) is 23.1 Å². The van der Waals surface area contributed by atoms with Gasteiger partial charge in [0.15, 0.2) is 0 Å². The third kappa shape index (κ3) is 2.61. The minimum atomic E-state index is -0.410. The van der Waals surface area contributed by atoms with Crippen molar-refractivity contribution in [3.63, 3.8) is 0 Å². The molecule has 2 aliphatic rings. The summed E-state index contributed by atoms with van der Waals surface area (Å²) in [5.74, 6) is 0.878. The molecule has 2 N–H and O–H groups in total. The Morgan fingerprint density at radius 2 is 2.30 bits per heavy atom. The van der Waals surface area contributed by atoms with Crippen molar-refractivity contribution in [1.82, 2.24) is 5.32 Å². The first-order chi connectivity index (χ1) is 9.19. The second kappa shape index (κ2) is 5.99. The molecule has 6 heteroatoms. The summed E-state index contributed by atoms with van der Waals surface area (Å²) in [6.45, 7) is 1.20. The Morgan fingerprint density at radius 1 is 1.50 bits per heavy atom. The van der Waals surface area contributed by atoms with Crippen LogP contribution >= 0.6 is 12.4 Å². The Bertz CT molecular complexity index is 509. The molecule has 1 aromatic carbocycles. The molecular formula is C14H19ClN2O3. The van der Waals surface area contributed by atoms with Crippen LogP contribution in [0.15, 0.2) is 18.2 Å². The molecule has 0 bridgehead atoms. The van der Waals surface area contributed by atoms with Crippen LogP contribution in [0.2, 0.25) is 0 Å². The van der Waals surface area contributed by atoms with Gasteiger partial charge in [0.05, 0.1) is 19.3 Å². The molecule has 0 aromatic heterocycles. The maximum Gasteiger partial charge on any atom is 0.244 e. The molecule has 0 radical (unpaired) electrons. The van der Waals surface area contributed by atoms with E-state index in [4.69, 9.17) is 4.74 Å². The van der Waals surface area contributed by atoms with Crippen molar-refractivity contribution in [3.05, 3.63) is 23.8 Å². The van der Waals surface area contributed by atoms with E-state index in [1.165, 1.54) is 0 Å². The molecule has 1 saturated heterocycles. The van der Waals surface area contributed by atoms with Crippen molar-refractivity contribution < 1.29 is 14.6 Å². The smallest absolute Gasteiger partial charge is 0.244 e. The molecule has 1 aromatic rings. The van der Waals surface area contributed by atoms with E-state index in [9.17, 15) is 9.90 Å². The number of rotatable bonds is 2. The van der Waals surface area contributed by atoms with Gasteiger partial charge < -0.3 is 20.1 Å². The van der Waals surface area contributed by atoms with E-state index in [-0.39, 0.29) is 24.4 Å². The van der Waals surface area contributed by atoms with Gasteiger partial charge in [-0.15, -0.1) is 12.4 Å². The maximum absolute atomic E-state index is 12.4. The number of ether oxygens (including phenoxy) is 1. The number of hydrogen-bond donors (Lipinski definition) is 2. The Hall–Kier alpha value is -1.30. The van der Waals surface area contributed by atoms with E-state index in [0.717, 1.165) is 23.4 Å². The lowest BCUT2D eigenvalue weighted by molar-refractivity contribution is -0.120. The number of nitrogens with one attached hydrogen (secondary N) is 1. The van der Waals surface area contributed by atoms with Gasteiger partial charge in [0.2, 0.25) is 5.91 Å². The summed E-state index contributed by atoms with van der Waals surface area (Å²) in [7, 11) is 1.64. The van der Waals surface area contributed by atoms with Gasteiger partial charge in [0, 0.05) is 18.8 Å². The molecule has 0 spiro atoms. The monoisotopic (exact) mass is 298 g/mol. The summed E-state index contributed by atoms with van der Waals surface area (Å²) in [5.41, 5.74) is 2.11. The molecule has 3 rings (SSSR count). The van der Waals surface area contributed by atoms with E-state index in [0.29, 0.717) is 19.5 Å². The number of carbonyl (C=O) groups is 1. The van der Waals surface area contributed by atoms with Crippen molar-refractivity contribution >= 4 is 24.0 Å². The zero-order chi connectivity index (χ0) is 13.4. The van der Waals surface area contributed by atoms with Crippen LogP contribution in [0, 0.1) is 0 Å². The average Bonchev–Trinajstić information content (AvgIpc) is 3.03. The Kier molecular flexibility index (Phi) is 4.52. The van der Waals surface area contributed by atoms with Crippen LogP contribution in [-0.4, -0.2) is 43.4 Å². The normalized spacial score (nSPS) is 24.2. The molecular weight excluding hydrogens is 280 g/mol. The number of fused-ring (bicyclic) bond motifs is 1. The number of carbonyl (C=O) groups excluding carboxylic acids is 1. The Labute approximate surface area is 124 Å². The van der Waals surface area contributed by atoms with Gasteiger partial charge in [0.1, 0.15) is 5.75 Å². The van der Waals surface area contributed by atoms with Crippen LogP contribution in [0.25, 0.3) is 0 Å². The highest BCUT2D eigenvalue weighted by Crippen LogP contribution is 2.32. The van der Waals surface area contributed by atoms with Crippen LogP contribution in [0.3, 0.4) is 0 Å². The molecule has 2 heterocycles. The predicted molar refractivity (Wildman–Crippen MR) is 78.7 cm³/mol. The van der Waals surface area contributed by atoms with E-state index < -0.39 is 6.10 Å². The molecule has 0 saturated carbocycles. The van der Waals surface area contributed by atoms with Gasteiger partial charge in [-0.2, -0.15) is 0 Å². The van der Waals surface area contributed by atoms with E-state index in [1.54, 1.807) is 7.11 Å².